The molecule has 10 aromatic carbocycles. The van der Waals surface area contributed by atoms with Crippen LogP contribution in [-0.2, 0) is 0 Å². The van der Waals surface area contributed by atoms with Crippen molar-refractivity contribution < 1.29 is 0 Å². The highest BCUT2D eigenvalue weighted by atomic mass is 15.1. The summed E-state index contributed by atoms with van der Waals surface area (Å²) in [4.78, 5) is 38.0. The third-order valence-corrected chi connectivity index (χ3v) is 15.3. The Balaban J connectivity index is 1.13. The van der Waals surface area contributed by atoms with Gasteiger partial charge in [0, 0.05) is 71.7 Å². The van der Waals surface area contributed by atoms with Gasteiger partial charge in [0.2, 0.25) is 0 Å². The van der Waals surface area contributed by atoms with Gasteiger partial charge in [-0.1, -0.05) is 211 Å². The van der Waals surface area contributed by atoms with Crippen LogP contribution in [0, 0.1) is 13.8 Å². The number of para-hydroxylation sites is 1. The summed E-state index contributed by atoms with van der Waals surface area (Å²) in [6, 6.07) is 90.4. The van der Waals surface area contributed by atoms with Crippen molar-refractivity contribution in [1.29, 1.82) is 0 Å². The number of pyridine rings is 1. The highest BCUT2D eigenvalue weighted by Gasteiger charge is 2.28. The molecule has 386 valence electrons. The summed E-state index contributed by atoms with van der Waals surface area (Å²) in [5, 5.41) is 4.44. The molecule has 0 aliphatic carbocycles. The maximum Gasteiger partial charge on any atom is 0.166 e. The SMILES string of the molecule is Cc1ccc2c(c1)c1cc(C)ccc1n2-c1cc(-c2nc(-c3ccccc3)nc(-c3ccccc3)n2)c(-n2c3ccccc3c3ccc(-c4cccc(-c5ccccc5)n4)cc32)c(-c2nc(-c3ccccc3)nc(-c3ccccc3)n2)c1. The van der Waals surface area contributed by atoms with E-state index in [0.717, 1.165) is 111 Å². The minimum Gasteiger partial charge on any atom is -0.309 e. The van der Waals surface area contributed by atoms with E-state index in [0.29, 0.717) is 34.9 Å². The monoisotopic (exact) mass is 1050 g/mol. The molecule has 0 N–H and O–H groups in total. The Kier molecular flexibility index (Phi) is 11.7. The van der Waals surface area contributed by atoms with Crippen LogP contribution in [-0.4, -0.2) is 44.0 Å². The van der Waals surface area contributed by atoms with Gasteiger partial charge in [0.1, 0.15) is 0 Å². The molecule has 0 unspecified atom stereocenters. The summed E-state index contributed by atoms with van der Waals surface area (Å²) in [5.41, 5.74) is 16.7. The molecular formula is C73H49N9. The van der Waals surface area contributed by atoms with E-state index < -0.39 is 0 Å². The molecular weight excluding hydrogens is 1000 g/mol. The first kappa shape index (κ1) is 48.1. The van der Waals surface area contributed by atoms with Crippen LogP contribution in [0.15, 0.2) is 261 Å². The molecule has 0 saturated heterocycles. The summed E-state index contributed by atoms with van der Waals surface area (Å²) in [5.74, 6) is 3.10. The fourth-order valence-corrected chi connectivity index (χ4v) is 11.5. The van der Waals surface area contributed by atoms with Gasteiger partial charge in [-0.3, -0.25) is 0 Å². The Bertz CT molecular complexity index is 4600. The first-order chi connectivity index (χ1) is 40.5. The van der Waals surface area contributed by atoms with Gasteiger partial charge in [-0.25, -0.2) is 34.9 Å². The van der Waals surface area contributed by atoms with E-state index in [4.69, 9.17) is 34.9 Å². The van der Waals surface area contributed by atoms with E-state index in [1.807, 2.05) is 91.0 Å². The zero-order chi connectivity index (χ0) is 54.7. The third-order valence-electron chi connectivity index (χ3n) is 15.3. The number of fused-ring (bicyclic) bond motifs is 6. The van der Waals surface area contributed by atoms with E-state index in [9.17, 15) is 0 Å². The van der Waals surface area contributed by atoms with Gasteiger partial charge < -0.3 is 9.13 Å². The molecule has 0 bridgehead atoms. The normalized spacial score (nSPS) is 11.5. The largest absolute Gasteiger partial charge is 0.309 e. The number of benzene rings is 10. The molecule has 0 atom stereocenters. The van der Waals surface area contributed by atoms with Crippen LogP contribution in [0.3, 0.4) is 0 Å². The Hall–Kier alpha value is -11.0. The maximum absolute atomic E-state index is 5.56. The van der Waals surface area contributed by atoms with Crippen molar-refractivity contribution in [2.24, 2.45) is 0 Å². The molecule has 9 heteroatoms. The number of nitrogens with zero attached hydrogens (tertiary/aromatic N) is 9. The summed E-state index contributed by atoms with van der Waals surface area (Å²) in [6.45, 7) is 4.31. The average Bonchev–Trinajstić information content (AvgIpc) is 2.83. The number of hydrogen-bond donors (Lipinski definition) is 0. The number of aromatic nitrogens is 9. The fourth-order valence-electron chi connectivity index (χ4n) is 11.5. The predicted octanol–water partition coefficient (Wildman–Crippen LogP) is 17.6. The molecule has 0 amide bonds. The zero-order valence-corrected chi connectivity index (χ0v) is 44.9. The molecule has 15 rings (SSSR count). The van der Waals surface area contributed by atoms with Gasteiger partial charge in [-0.05, 0) is 74.5 Å². The molecule has 0 aliphatic heterocycles. The Labute approximate surface area is 473 Å². The van der Waals surface area contributed by atoms with Crippen LogP contribution in [0.2, 0.25) is 0 Å². The van der Waals surface area contributed by atoms with Crippen molar-refractivity contribution in [3.05, 3.63) is 272 Å². The van der Waals surface area contributed by atoms with Crippen LogP contribution in [0.4, 0.5) is 0 Å². The lowest BCUT2D eigenvalue weighted by Crippen LogP contribution is -2.09. The highest BCUT2D eigenvalue weighted by Crippen LogP contribution is 2.45. The van der Waals surface area contributed by atoms with Crippen LogP contribution in [0.1, 0.15) is 11.1 Å². The van der Waals surface area contributed by atoms with Gasteiger partial charge in [0.25, 0.3) is 0 Å². The quantitative estimate of drug-likeness (QED) is 0.134. The van der Waals surface area contributed by atoms with Gasteiger partial charge >= 0.3 is 0 Å². The maximum atomic E-state index is 5.56. The summed E-state index contributed by atoms with van der Waals surface area (Å²) < 4.78 is 4.73. The van der Waals surface area contributed by atoms with Crippen molar-refractivity contribution in [3.8, 4) is 102 Å². The Morgan fingerprint density at radius 2 is 0.634 bits per heavy atom. The summed E-state index contributed by atoms with van der Waals surface area (Å²) >= 11 is 0. The predicted molar refractivity (Wildman–Crippen MR) is 333 cm³/mol. The van der Waals surface area contributed by atoms with Crippen molar-refractivity contribution in [2.45, 2.75) is 13.8 Å². The number of hydrogen-bond acceptors (Lipinski definition) is 7. The average molecular weight is 1050 g/mol. The topological polar surface area (TPSA) is 100 Å². The van der Waals surface area contributed by atoms with Crippen LogP contribution in [0.25, 0.3) is 146 Å². The van der Waals surface area contributed by atoms with E-state index in [1.54, 1.807) is 0 Å². The Morgan fingerprint density at radius 3 is 1.11 bits per heavy atom. The minimum atomic E-state index is 0.471. The van der Waals surface area contributed by atoms with Crippen molar-refractivity contribution in [2.75, 3.05) is 0 Å². The van der Waals surface area contributed by atoms with Gasteiger partial charge in [0.05, 0.1) is 39.1 Å². The van der Waals surface area contributed by atoms with Crippen molar-refractivity contribution in [3.63, 3.8) is 0 Å². The van der Waals surface area contributed by atoms with Gasteiger partial charge in [0.15, 0.2) is 34.9 Å². The molecule has 0 fully saturated rings. The lowest BCUT2D eigenvalue weighted by Gasteiger charge is -2.21. The molecule has 0 saturated carbocycles. The second-order valence-electron chi connectivity index (χ2n) is 20.7. The molecule has 15 aromatic rings. The van der Waals surface area contributed by atoms with E-state index in [-0.39, 0.29) is 0 Å². The van der Waals surface area contributed by atoms with Crippen molar-refractivity contribution in [1.82, 2.24) is 44.0 Å². The van der Waals surface area contributed by atoms with E-state index >= 15 is 0 Å². The first-order valence-electron chi connectivity index (χ1n) is 27.5. The van der Waals surface area contributed by atoms with E-state index in [1.165, 1.54) is 11.1 Å². The van der Waals surface area contributed by atoms with Gasteiger partial charge in [-0.2, -0.15) is 0 Å². The van der Waals surface area contributed by atoms with Crippen molar-refractivity contribution >= 4 is 43.6 Å². The lowest BCUT2D eigenvalue weighted by molar-refractivity contribution is 1.05. The highest BCUT2D eigenvalue weighted by molar-refractivity contribution is 6.12. The molecule has 9 nitrogen and oxygen atoms in total. The second kappa shape index (κ2) is 20.0. The van der Waals surface area contributed by atoms with Gasteiger partial charge in [-0.15, -0.1) is 0 Å². The van der Waals surface area contributed by atoms with Crippen LogP contribution >= 0.6 is 0 Å². The Morgan fingerprint density at radius 1 is 0.244 bits per heavy atom. The zero-order valence-electron chi connectivity index (χ0n) is 44.9. The molecule has 0 spiro atoms. The molecule has 0 radical (unpaired) electrons. The smallest absolute Gasteiger partial charge is 0.166 e. The van der Waals surface area contributed by atoms with Crippen LogP contribution in [0.5, 0.6) is 0 Å². The summed E-state index contributed by atoms with van der Waals surface area (Å²) in [6.07, 6.45) is 0. The van der Waals surface area contributed by atoms with E-state index in [2.05, 4.69) is 193 Å². The standard InChI is InChI=1S/C73H49N9/c1-46-35-39-64-57(41-46)58-42-47(2)36-40-65(58)81(64)54-44-59(72-77-68(49-23-10-4-11-24-49)75-69(78-72)50-25-12-5-13-26-50)67(60(45-54)73-79-70(51-27-14-6-15-28-51)76-71(80-73)52-29-16-7-17-30-52)82-63-34-19-18-31-55(63)56-38-37-53(43-66(56)82)62-33-20-32-61(74-62)48-21-8-3-9-22-48/h3-45H,1-2H3. The summed E-state index contributed by atoms with van der Waals surface area (Å²) in [7, 11) is 0. The molecule has 82 heavy (non-hydrogen) atoms. The number of rotatable bonds is 10. The molecule has 0 aliphatic rings. The molecule has 5 aromatic heterocycles. The lowest BCUT2D eigenvalue weighted by atomic mass is 10.0. The first-order valence-corrected chi connectivity index (χ1v) is 27.5. The number of aryl methyl sites for hydroxylation is 2. The minimum absolute atomic E-state index is 0.471. The van der Waals surface area contributed by atoms with Crippen LogP contribution < -0.4 is 0 Å². The third kappa shape index (κ3) is 8.56. The molecule has 5 heterocycles. The second-order valence-corrected chi connectivity index (χ2v) is 20.7. The fraction of sp³-hybridized carbons (Fsp3) is 0.0274.